The summed E-state index contributed by atoms with van der Waals surface area (Å²) in [6.07, 6.45) is 0.253. The normalized spacial score (nSPS) is 13.2. The monoisotopic (exact) mass is 421 g/mol. The highest BCUT2D eigenvalue weighted by molar-refractivity contribution is 5.81. The number of alkyl carbamates (subject to hydrolysis) is 1. The van der Waals surface area contributed by atoms with Crippen molar-refractivity contribution in [2.75, 3.05) is 6.61 Å². The molecule has 31 heavy (non-hydrogen) atoms. The summed E-state index contributed by atoms with van der Waals surface area (Å²) < 4.78 is 6.34. The molecule has 3 N–H and O–H groups in total. The molecular formula is C22H19N3O6. The van der Waals surface area contributed by atoms with E-state index >= 15 is 0 Å². The summed E-state index contributed by atoms with van der Waals surface area (Å²) in [5.41, 5.74) is 2.85. The molecular weight excluding hydrogens is 402 g/mol. The number of aromatic amines is 1. The van der Waals surface area contributed by atoms with Crippen molar-refractivity contribution >= 4 is 12.1 Å². The number of H-pyrrole nitrogens is 1. The van der Waals surface area contributed by atoms with E-state index < -0.39 is 29.4 Å². The molecule has 1 heterocycles. The topological polar surface area (TPSA) is 130 Å². The lowest BCUT2D eigenvalue weighted by Gasteiger charge is -2.18. The molecule has 0 saturated carbocycles. The summed E-state index contributed by atoms with van der Waals surface area (Å²) in [7, 11) is 0. The van der Waals surface area contributed by atoms with Crippen molar-refractivity contribution in [1.29, 1.82) is 0 Å². The van der Waals surface area contributed by atoms with E-state index in [9.17, 15) is 24.3 Å². The quantitative estimate of drug-likeness (QED) is 0.553. The van der Waals surface area contributed by atoms with Gasteiger partial charge in [-0.1, -0.05) is 48.5 Å². The number of nitrogens with zero attached hydrogens (tertiary/aromatic N) is 1. The van der Waals surface area contributed by atoms with E-state index in [0.717, 1.165) is 39.1 Å². The number of hydrogen-bond acceptors (Lipinski definition) is 5. The third-order valence-corrected chi connectivity index (χ3v) is 5.21. The number of hydrogen-bond donors (Lipinski definition) is 3. The standard InChI is InChI=1S/C22H19N3O6/c26-19-9-10-25(21(29)24-19)11-18(20(27)28)23-22(30)31-12-17-15-7-3-1-5-13(15)14-6-2-4-8-16(14)17/h1-10,17-18H,11-12H2,(H,23,30)(H,27,28)(H,24,26,29)/t18-/m0/s1. The number of fused-ring (bicyclic) bond motifs is 3. The predicted molar refractivity (Wildman–Crippen MR) is 111 cm³/mol. The Morgan fingerprint density at radius 3 is 2.23 bits per heavy atom. The van der Waals surface area contributed by atoms with E-state index in [2.05, 4.69) is 5.32 Å². The molecule has 0 fully saturated rings. The molecule has 9 nitrogen and oxygen atoms in total. The summed E-state index contributed by atoms with van der Waals surface area (Å²) in [6.45, 7) is -0.333. The molecule has 0 spiro atoms. The van der Waals surface area contributed by atoms with Gasteiger partial charge in [0.1, 0.15) is 12.6 Å². The van der Waals surface area contributed by atoms with Crippen LogP contribution < -0.4 is 16.6 Å². The van der Waals surface area contributed by atoms with Gasteiger partial charge in [0, 0.05) is 18.2 Å². The number of carboxylic acid groups (broad SMARTS) is 1. The highest BCUT2D eigenvalue weighted by Crippen LogP contribution is 2.44. The number of aliphatic carboxylic acids is 1. The minimum atomic E-state index is -1.42. The van der Waals surface area contributed by atoms with Crippen LogP contribution in [0.1, 0.15) is 17.0 Å². The number of carbonyl (C=O) groups excluding carboxylic acids is 1. The molecule has 0 saturated heterocycles. The Labute approximate surface area is 175 Å². The van der Waals surface area contributed by atoms with E-state index in [-0.39, 0.29) is 19.1 Å². The van der Waals surface area contributed by atoms with Crippen molar-refractivity contribution in [1.82, 2.24) is 14.9 Å². The van der Waals surface area contributed by atoms with Gasteiger partial charge in [-0.25, -0.2) is 14.4 Å². The second kappa shape index (κ2) is 8.31. The maximum atomic E-state index is 12.3. The lowest BCUT2D eigenvalue weighted by molar-refractivity contribution is -0.139. The number of carbonyl (C=O) groups is 2. The minimum Gasteiger partial charge on any atom is -0.480 e. The Morgan fingerprint density at radius 2 is 1.65 bits per heavy atom. The lowest BCUT2D eigenvalue weighted by atomic mass is 9.98. The van der Waals surface area contributed by atoms with Crippen LogP contribution in [-0.4, -0.2) is 39.4 Å². The highest BCUT2D eigenvalue weighted by Gasteiger charge is 2.29. The van der Waals surface area contributed by atoms with Gasteiger partial charge in [0.15, 0.2) is 0 Å². The first-order chi connectivity index (χ1) is 14.9. The fraction of sp³-hybridized carbons (Fsp3) is 0.182. The van der Waals surface area contributed by atoms with Gasteiger partial charge in [0.2, 0.25) is 0 Å². The van der Waals surface area contributed by atoms with Crippen molar-refractivity contribution in [3.05, 3.63) is 92.8 Å². The summed E-state index contributed by atoms with van der Waals surface area (Å²) >= 11 is 0. The van der Waals surface area contributed by atoms with Gasteiger partial charge in [0.25, 0.3) is 5.56 Å². The minimum absolute atomic E-state index is 0.0325. The Morgan fingerprint density at radius 1 is 1.03 bits per heavy atom. The molecule has 1 aromatic heterocycles. The molecule has 158 valence electrons. The number of benzene rings is 2. The van der Waals surface area contributed by atoms with Crippen LogP contribution in [0.5, 0.6) is 0 Å². The molecule has 0 aliphatic heterocycles. The van der Waals surface area contributed by atoms with Crippen molar-refractivity contribution in [2.45, 2.75) is 18.5 Å². The Balaban J connectivity index is 1.45. The molecule has 1 atom stereocenters. The van der Waals surface area contributed by atoms with E-state index in [0.29, 0.717) is 0 Å². The van der Waals surface area contributed by atoms with Crippen LogP contribution in [0.2, 0.25) is 0 Å². The van der Waals surface area contributed by atoms with Crippen LogP contribution in [-0.2, 0) is 16.1 Å². The van der Waals surface area contributed by atoms with Gasteiger partial charge in [0.05, 0.1) is 6.54 Å². The lowest BCUT2D eigenvalue weighted by Crippen LogP contribution is -2.46. The fourth-order valence-electron chi connectivity index (χ4n) is 3.75. The zero-order valence-electron chi connectivity index (χ0n) is 16.3. The Bertz CT molecular complexity index is 1220. The molecule has 0 radical (unpaired) electrons. The molecule has 2 aromatic carbocycles. The molecule has 4 rings (SSSR count). The number of carboxylic acids is 1. The second-order valence-electron chi connectivity index (χ2n) is 7.12. The van der Waals surface area contributed by atoms with E-state index in [4.69, 9.17) is 4.74 Å². The van der Waals surface area contributed by atoms with Gasteiger partial charge in [-0.15, -0.1) is 0 Å². The summed E-state index contributed by atoms with van der Waals surface area (Å²) in [6, 6.07) is 15.4. The first-order valence-corrected chi connectivity index (χ1v) is 9.58. The van der Waals surface area contributed by atoms with Gasteiger partial charge >= 0.3 is 17.8 Å². The first kappa shape index (κ1) is 20.1. The van der Waals surface area contributed by atoms with Gasteiger partial charge in [-0.3, -0.25) is 14.3 Å². The Kier molecular flexibility index (Phi) is 5.40. The van der Waals surface area contributed by atoms with E-state index in [1.54, 1.807) is 0 Å². The summed E-state index contributed by atoms with van der Waals surface area (Å²) in [5, 5.41) is 11.7. The van der Waals surface area contributed by atoms with Crippen LogP contribution in [0.15, 0.2) is 70.4 Å². The fourth-order valence-corrected chi connectivity index (χ4v) is 3.75. The molecule has 0 bridgehead atoms. The van der Waals surface area contributed by atoms with Crippen molar-refractivity contribution < 1.29 is 19.4 Å². The maximum Gasteiger partial charge on any atom is 0.407 e. The van der Waals surface area contributed by atoms with Crippen molar-refractivity contribution in [3.63, 3.8) is 0 Å². The van der Waals surface area contributed by atoms with Crippen LogP contribution in [0.4, 0.5) is 4.79 Å². The number of nitrogens with one attached hydrogen (secondary N) is 2. The van der Waals surface area contributed by atoms with E-state index in [1.807, 2.05) is 53.5 Å². The Hall–Kier alpha value is -4.14. The highest BCUT2D eigenvalue weighted by atomic mass is 16.5. The smallest absolute Gasteiger partial charge is 0.407 e. The molecule has 1 aliphatic carbocycles. The van der Waals surface area contributed by atoms with E-state index in [1.165, 1.54) is 0 Å². The molecule has 0 unspecified atom stereocenters. The number of rotatable bonds is 6. The largest absolute Gasteiger partial charge is 0.480 e. The average Bonchev–Trinajstić information content (AvgIpc) is 3.07. The third-order valence-electron chi connectivity index (χ3n) is 5.21. The van der Waals surface area contributed by atoms with Crippen LogP contribution in [0.3, 0.4) is 0 Å². The van der Waals surface area contributed by atoms with Crippen LogP contribution in [0, 0.1) is 0 Å². The second-order valence-corrected chi connectivity index (χ2v) is 7.12. The number of ether oxygens (including phenoxy) is 1. The molecule has 1 aliphatic rings. The molecule has 9 heteroatoms. The molecule has 3 aromatic rings. The summed E-state index contributed by atoms with van der Waals surface area (Å²) in [4.78, 5) is 48.8. The zero-order chi connectivity index (χ0) is 22.0. The van der Waals surface area contributed by atoms with Crippen LogP contribution in [0.25, 0.3) is 11.1 Å². The van der Waals surface area contributed by atoms with Crippen LogP contribution >= 0.6 is 0 Å². The number of amides is 1. The maximum absolute atomic E-state index is 12.3. The van der Waals surface area contributed by atoms with Gasteiger partial charge < -0.3 is 15.2 Å². The SMILES string of the molecule is O=C(N[C@@H](Cn1ccc(=O)[nH]c1=O)C(=O)O)OCC1c2ccccc2-c2ccccc21. The predicted octanol–water partition coefficient (Wildman–Crippen LogP) is 1.53. The van der Waals surface area contributed by atoms with Gasteiger partial charge in [-0.2, -0.15) is 0 Å². The third kappa shape index (κ3) is 4.11. The zero-order valence-corrected chi connectivity index (χ0v) is 16.3. The van der Waals surface area contributed by atoms with Gasteiger partial charge in [-0.05, 0) is 22.3 Å². The van der Waals surface area contributed by atoms with Crippen molar-refractivity contribution in [2.24, 2.45) is 0 Å². The average molecular weight is 421 g/mol. The van der Waals surface area contributed by atoms with Crippen molar-refractivity contribution in [3.8, 4) is 11.1 Å². The molecule has 1 amide bonds. The number of aromatic nitrogens is 2. The first-order valence-electron chi connectivity index (χ1n) is 9.58. The summed E-state index contributed by atoms with van der Waals surface area (Å²) in [5.74, 6) is -1.50.